The maximum atomic E-state index is 12.5. The first-order valence-electron chi connectivity index (χ1n) is 8.65. The molecule has 0 bridgehead atoms. The smallest absolute Gasteiger partial charge is 0.329 e. The molecule has 1 atom stereocenters. The second-order valence-corrected chi connectivity index (χ2v) is 6.11. The van der Waals surface area contributed by atoms with Crippen LogP contribution in [0.3, 0.4) is 0 Å². The highest BCUT2D eigenvalue weighted by Gasteiger charge is 2.22. The Bertz CT molecular complexity index is 1010. The average molecular weight is 357 g/mol. The summed E-state index contributed by atoms with van der Waals surface area (Å²) >= 11 is 0. The van der Waals surface area contributed by atoms with Crippen molar-refractivity contribution in [2.75, 3.05) is 18.0 Å². The molecule has 138 valence electrons. The minimum atomic E-state index is -0.806. The molecule has 0 fully saturated rings. The number of hydrogen-bond donors (Lipinski definition) is 2. The molecule has 2 heterocycles. The molecule has 2 N–H and O–H groups in total. The van der Waals surface area contributed by atoms with E-state index in [2.05, 4.69) is 9.97 Å². The second kappa shape index (κ2) is 7.17. The number of benzene rings is 1. The molecule has 3 aromatic rings. The minimum Gasteiger partial charge on any atom is -0.387 e. The van der Waals surface area contributed by atoms with Crippen LogP contribution in [0, 0.1) is 0 Å². The predicted molar refractivity (Wildman–Crippen MR) is 101 cm³/mol. The third kappa shape index (κ3) is 3.03. The quantitative estimate of drug-likeness (QED) is 0.686. The van der Waals surface area contributed by atoms with Crippen LogP contribution in [0.2, 0.25) is 0 Å². The number of aromatic nitrogens is 4. The summed E-state index contributed by atoms with van der Waals surface area (Å²) in [7, 11) is 1.57. The number of H-pyrrole nitrogens is 1. The Balaban J connectivity index is 2.21. The summed E-state index contributed by atoms with van der Waals surface area (Å²) in [6, 6.07) is 9.26. The van der Waals surface area contributed by atoms with Gasteiger partial charge in [-0.15, -0.1) is 0 Å². The predicted octanol–water partition coefficient (Wildman–Crippen LogP) is 1.00. The fraction of sp³-hybridized carbons (Fsp3) is 0.389. The highest BCUT2D eigenvalue weighted by molar-refractivity contribution is 5.74. The first-order valence-corrected chi connectivity index (χ1v) is 8.65. The van der Waals surface area contributed by atoms with Gasteiger partial charge in [0.15, 0.2) is 11.2 Å². The van der Waals surface area contributed by atoms with Crippen molar-refractivity contribution in [3.05, 3.63) is 56.7 Å². The molecule has 8 heteroatoms. The van der Waals surface area contributed by atoms with Gasteiger partial charge in [0.2, 0.25) is 5.95 Å². The van der Waals surface area contributed by atoms with Crippen molar-refractivity contribution in [1.29, 1.82) is 0 Å². The van der Waals surface area contributed by atoms with Crippen molar-refractivity contribution in [2.24, 2.45) is 7.05 Å². The lowest BCUT2D eigenvalue weighted by Crippen LogP contribution is -2.30. The van der Waals surface area contributed by atoms with Gasteiger partial charge in [-0.3, -0.25) is 14.3 Å². The zero-order valence-electron chi connectivity index (χ0n) is 15.1. The lowest BCUT2D eigenvalue weighted by Gasteiger charge is -2.22. The van der Waals surface area contributed by atoms with Crippen LogP contribution in [0.25, 0.3) is 11.2 Å². The van der Waals surface area contributed by atoms with Crippen molar-refractivity contribution >= 4 is 17.1 Å². The van der Waals surface area contributed by atoms with E-state index in [0.29, 0.717) is 24.7 Å². The van der Waals surface area contributed by atoms with Crippen LogP contribution >= 0.6 is 0 Å². The van der Waals surface area contributed by atoms with Gasteiger partial charge >= 0.3 is 5.69 Å². The zero-order chi connectivity index (χ0) is 18.8. The highest BCUT2D eigenvalue weighted by atomic mass is 16.3. The largest absolute Gasteiger partial charge is 0.387 e. The highest BCUT2D eigenvalue weighted by Crippen LogP contribution is 2.23. The molecule has 2 aromatic heterocycles. The fourth-order valence-electron chi connectivity index (χ4n) is 3.10. The Morgan fingerprint density at radius 3 is 2.46 bits per heavy atom. The molecule has 1 aromatic carbocycles. The second-order valence-electron chi connectivity index (χ2n) is 6.11. The number of hydrogen-bond acceptors (Lipinski definition) is 5. The van der Waals surface area contributed by atoms with Gasteiger partial charge in [0.1, 0.15) is 0 Å². The first-order chi connectivity index (χ1) is 12.5. The Kier molecular flexibility index (Phi) is 4.94. The van der Waals surface area contributed by atoms with E-state index in [0.717, 1.165) is 5.56 Å². The van der Waals surface area contributed by atoms with E-state index in [9.17, 15) is 14.7 Å². The minimum absolute atomic E-state index is 0.160. The molecule has 0 amide bonds. The summed E-state index contributed by atoms with van der Waals surface area (Å²) in [5.41, 5.74) is 0.321. The normalized spacial score (nSPS) is 12.5. The summed E-state index contributed by atoms with van der Waals surface area (Å²) in [5, 5.41) is 10.7. The molecule has 3 rings (SSSR count). The van der Waals surface area contributed by atoms with Crippen LogP contribution in [0.4, 0.5) is 5.95 Å². The Hall–Kier alpha value is -2.87. The van der Waals surface area contributed by atoms with Crippen LogP contribution in [0.5, 0.6) is 0 Å². The number of anilines is 1. The van der Waals surface area contributed by atoms with Crippen LogP contribution in [0.15, 0.2) is 39.9 Å². The van der Waals surface area contributed by atoms with Crippen molar-refractivity contribution in [2.45, 2.75) is 26.5 Å². The number of aromatic amines is 1. The van der Waals surface area contributed by atoms with E-state index in [4.69, 9.17) is 0 Å². The summed E-state index contributed by atoms with van der Waals surface area (Å²) < 4.78 is 3.01. The summed E-state index contributed by atoms with van der Waals surface area (Å²) in [5.74, 6) is 0.562. The molecule has 1 unspecified atom stereocenters. The molecular weight excluding hydrogens is 334 g/mol. The van der Waals surface area contributed by atoms with E-state index in [1.165, 1.54) is 4.57 Å². The lowest BCUT2D eigenvalue weighted by atomic mass is 10.1. The number of nitrogens with one attached hydrogen (secondary N) is 1. The molecule has 26 heavy (non-hydrogen) atoms. The number of fused-ring (bicyclic) bond motifs is 1. The van der Waals surface area contributed by atoms with Crippen LogP contribution < -0.4 is 16.1 Å². The van der Waals surface area contributed by atoms with Gasteiger partial charge < -0.3 is 14.6 Å². The van der Waals surface area contributed by atoms with E-state index >= 15 is 0 Å². The topological polar surface area (TPSA) is 96.2 Å². The Morgan fingerprint density at radius 1 is 1.19 bits per heavy atom. The molecular formula is C18H23N5O3. The lowest BCUT2D eigenvalue weighted by molar-refractivity contribution is 0.158. The van der Waals surface area contributed by atoms with Crippen LogP contribution in [-0.2, 0) is 13.6 Å². The van der Waals surface area contributed by atoms with Crippen LogP contribution in [0.1, 0.15) is 25.5 Å². The third-order valence-electron chi connectivity index (χ3n) is 4.57. The average Bonchev–Trinajstić information content (AvgIpc) is 3.01. The van der Waals surface area contributed by atoms with Gasteiger partial charge in [-0.1, -0.05) is 30.3 Å². The van der Waals surface area contributed by atoms with Crippen molar-refractivity contribution in [3.8, 4) is 0 Å². The summed E-state index contributed by atoms with van der Waals surface area (Å²) in [4.78, 5) is 33.2. The van der Waals surface area contributed by atoms with E-state index in [1.54, 1.807) is 11.6 Å². The fourth-order valence-corrected chi connectivity index (χ4v) is 3.10. The molecule has 0 saturated carbocycles. The molecule has 0 aliphatic heterocycles. The van der Waals surface area contributed by atoms with E-state index in [-0.39, 0.29) is 12.1 Å². The molecule has 0 aliphatic rings. The maximum Gasteiger partial charge on any atom is 0.329 e. The van der Waals surface area contributed by atoms with Gasteiger partial charge in [0.05, 0.1) is 12.6 Å². The number of nitrogens with zero attached hydrogens (tertiary/aromatic N) is 4. The van der Waals surface area contributed by atoms with Crippen LogP contribution in [-0.4, -0.2) is 37.3 Å². The Morgan fingerprint density at radius 2 is 1.85 bits per heavy atom. The summed E-state index contributed by atoms with van der Waals surface area (Å²) in [6.07, 6.45) is -0.806. The monoisotopic (exact) mass is 357 g/mol. The van der Waals surface area contributed by atoms with Crippen molar-refractivity contribution < 1.29 is 5.11 Å². The number of rotatable bonds is 6. The van der Waals surface area contributed by atoms with Gasteiger partial charge in [-0.05, 0) is 19.4 Å². The summed E-state index contributed by atoms with van der Waals surface area (Å²) in [6.45, 7) is 5.52. The molecule has 0 saturated heterocycles. The SMILES string of the molecule is CCN(CC)c1nc2c(c(=O)[nH]c(=O)n2C)n1CC(O)c1ccccc1. The zero-order valence-corrected chi connectivity index (χ0v) is 15.1. The van der Waals surface area contributed by atoms with Crippen molar-refractivity contribution in [3.63, 3.8) is 0 Å². The van der Waals surface area contributed by atoms with Gasteiger partial charge in [0, 0.05) is 20.1 Å². The van der Waals surface area contributed by atoms with Crippen molar-refractivity contribution in [1.82, 2.24) is 19.1 Å². The molecule has 0 radical (unpaired) electrons. The Labute approximate surface area is 150 Å². The van der Waals surface area contributed by atoms with E-state index in [1.807, 2.05) is 49.1 Å². The molecule has 8 nitrogen and oxygen atoms in total. The van der Waals surface area contributed by atoms with Gasteiger partial charge in [-0.25, -0.2) is 4.79 Å². The number of aryl methyl sites for hydroxylation is 1. The first kappa shape index (κ1) is 17.9. The van der Waals surface area contributed by atoms with E-state index < -0.39 is 17.4 Å². The molecule has 0 aliphatic carbocycles. The number of aliphatic hydroxyl groups excluding tert-OH is 1. The van der Waals surface area contributed by atoms with Gasteiger partial charge in [-0.2, -0.15) is 4.98 Å². The number of imidazole rings is 1. The standard InChI is InChI=1S/C18H23N5O3/c1-4-22(5-2)17-19-15-14(16(25)20-18(26)21(15)3)23(17)11-13(24)12-9-7-6-8-10-12/h6-10,13,24H,4-5,11H2,1-3H3,(H,20,25,26). The number of aliphatic hydroxyl groups is 1. The maximum absolute atomic E-state index is 12.5. The van der Waals surface area contributed by atoms with Gasteiger partial charge in [0.25, 0.3) is 5.56 Å². The molecule has 0 spiro atoms. The third-order valence-corrected chi connectivity index (χ3v) is 4.57.